The highest BCUT2D eigenvalue weighted by Gasteiger charge is 2.23. The first-order chi connectivity index (χ1) is 15.5. The zero-order valence-corrected chi connectivity index (χ0v) is 17.8. The minimum atomic E-state index is -0.738. The van der Waals surface area contributed by atoms with Crippen molar-refractivity contribution >= 4 is 12.0 Å². The van der Waals surface area contributed by atoms with E-state index in [4.69, 9.17) is 0 Å². The summed E-state index contributed by atoms with van der Waals surface area (Å²) in [6.07, 6.45) is 6.69. The van der Waals surface area contributed by atoms with Crippen molar-refractivity contribution in [3.8, 4) is 11.1 Å². The van der Waals surface area contributed by atoms with Crippen LogP contribution in [0.25, 0.3) is 17.2 Å². The largest absolute Gasteiger partial charge is 0.394 e. The lowest BCUT2D eigenvalue weighted by Gasteiger charge is -2.16. The van der Waals surface area contributed by atoms with Gasteiger partial charge >= 0.3 is 0 Å². The minimum absolute atomic E-state index is 0.00157. The van der Waals surface area contributed by atoms with E-state index < -0.39 is 6.10 Å². The number of rotatable bonds is 7. The summed E-state index contributed by atoms with van der Waals surface area (Å²) in [6, 6.07) is 12.3. The smallest absolute Gasteiger partial charge is 0.220 e. The van der Waals surface area contributed by atoms with Crippen molar-refractivity contribution in [2.45, 2.75) is 31.4 Å². The van der Waals surface area contributed by atoms with E-state index in [-0.39, 0.29) is 30.3 Å². The van der Waals surface area contributed by atoms with E-state index in [0.29, 0.717) is 24.4 Å². The maximum atomic E-state index is 14.8. The molecule has 0 spiro atoms. The van der Waals surface area contributed by atoms with Gasteiger partial charge in [0.15, 0.2) is 0 Å². The van der Waals surface area contributed by atoms with Crippen LogP contribution in [0.2, 0.25) is 0 Å². The summed E-state index contributed by atoms with van der Waals surface area (Å²) >= 11 is 0. The molecule has 2 aromatic carbocycles. The second kappa shape index (κ2) is 9.46. The molecule has 6 nitrogen and oxygen atoms in total. The van der Waals surface area contributed by atoms with E-state index in [1.54, 1.807) is 30.0 Å². The van der Waals surface area contributed by atoms with Gasteiger partial charge in [-0.1, -0.05) is 48.6 Å². The molecule has 1 amide bonds. The Morgan fingerprint density at radius 2 is 2.06 bits per heavy atom. The minimum Gasteiger partial charge on any atom is -0.394 e. The predicted molar refractivity (Wildman–Crippen MR) is 120 cm³/mol. The lowest BCUT2D eigenvalue weighted by atomic mass is 9.95. The van der Waals surface area contributed by atoms with Gasteiger partial charge in [-0.2, -0.15) is 0 Å². The third-order valence-corrected chi connectivity index (χ3v) is 5.79. The number of carbonyl (C=O) groups excluding carboxylic acids is 1. The highest BCUT2D eigenvalue weighted by Crippen LogP contribution is 2.29. The van der Waals surface area contributed by atoms with Gasteiger partial charge < -0.3 is 20.1 Å². The van der Waals surface area contributed by atoms with Gasteiger partial charge in [-0.25, -0.2) is 9.37 Å². The number of carbonyl (C=O) groups is 1. The molecule has 0 bridgehead atoms. The molecule has 0 saturated carbocycles. The fourth-order valence-corrected chi connectivity index (χ4v) is 4.03. The molecule has 4 rings (SSSR count). The predicted octanol–water partition coefficient (Wildman–Crippen LogP) is 3.59. The normalized spacial score (nSPS) is 18.1. The van der Waals surface area contributed by atoms with Crippen LogP contribution in [-0.2, 0) is 4.79 Å². The van der Waals surface area contributed by atoms with E-state index >= 15 is 0 Å². The molecule has 1 aromatic heterocycles. The first-order valence-electron chi connectivity index (χ1n) is 10.6. The molecule has 1 saturated heterocycles. The summed E-state index contributed by atoms with van der Waals surface area (Å²) in [6.45, 7) is 2.04. The maximum absolute atomic E-state index is 14.8. The summed E-state index contributed by atoms with van der Waals surface area (Å²) in [4.78, 5) is 15.6. The molecule has 3 aromatic rings. The Kier molecular flexibility index (Phi) is 6.48. The van der Waals surface area contributed by atoms with Crippen LogP contribution >= 0.6 is 0 Å². The van der Waals surface area contributed by atoms with Crippen molar-refractivity contribution in [2.24, 2.45) is 0 Å². The van der Waals surface area contributed by atoms with Crippen LogP contribution in [0.1, 0.15) is 48.4 Å². The highest BCUT2D eigenvalue weighted by atomic mass is 19.1. The molecule has 0 unspecified atom stereocenters. The Labute approximate surface area is 186 Å². The third kappa shape index (κ3) is 4.64. The Morgan fingerprint density at radius 1 is 1.28 bits per heavy atom. The number of nitrogens with zero attached hydrogens (tertiary/aromatic N) is 2. The molecule has 2 heterocycles. The molecular weight excluding hydrogens is 409 g/mol. The van der Waals surface area contributed by atoms with Gasteiger partial charge in [-0.3, -0.25) is 4.79 Å². The molecule has 166 valence electrons. The number of hydrogen-bond donors (Lipinski definition) is 3. The van der Waals surface area contributed by atoms with Crippen molar-refractivity contribution in [1.82, 2.24) is 14.9 Å². The number of nitrogens with one attached hydrogen (secondary N) is 1. The lowest BCUT2D eigenvalue weighted by Crippen LogP contribution is -2.14. The van der Waals surface area contributed by atoms with E-state index in [9.17, 15) is 19.4 Å². The molecule has 0 aliphatic carbocycles. The molecule has 1 aliphatic rings. The SMILES string of the molecule is C[C@H](O)c1nccn1[C@@H](/C=C/c1ccc(-c2ccc([C@@H]3CNC(=O)C3)cc2F)cc1)CO. The van der Waals surface area contributed by atoms with Gasteiger partial charge in [0, 0.05) is 36.8 Å². The van der Waals surface area contributed by atoms with Crippen LogP contribution in [-0.4, -0.2) is 38.8 Å². The van der Waals surface area contributed by atoms with Gasteiger partial charge in [0.05, 0.1) is 12.6 Å². The average molecular weight is 435 g/mol. The van der Waals surface area contributed by atoms with Crippen LogP contribution < -0.4 is 5.32 Å². The highest BCUT2D eigenvalue weighted by molar-refractivity contribution is 5.79. The van der Waals surface area contributed by atoms with Crippen molar-refractivity contribution in [1.29, 1.82) is 0 Å². The maximum Gasteiger partial charge on any atom is 0.220 e. The van der Waals surface area contributed by atoms with Crippen LogP contribution in [0.15, 0.2) is 60.9 Å². The second-order valence-electron chi connectivity index (χ2n) is 8.04. The fourth-order valence-electron chi connectivity index (χ4n) is 4.03. The van der Waals surface area contributed by atoms with Crippen LogP contribution in [0.4, 0.5) is 4.39 Å². The topological polar surface area (TPSA) is 87.4 Å². The average Bonchev–Trinajstić information content (AvgIpc) is 3.44. The van der Waals surface area contributed by atoms with Gasteiger partial charge in [0.25, 0.3) is 0 Å². The number of benzene rings is 2. The summed E-state index contributed by atoms with van der Waals surface area (Å²) in [7, 11) is 0. The number of imidazole rings is 1. The number of aromatic nitrogens is 2. The Hall–Kier alpha value is -3.29. The van der Waals surface area contributed by atoms with Crippen molar-refractivity contribution < 1.29 is 19.4 Å². The van der Waals surface area contributed by atoms with Gasteiger partial charge in [-0.05, 0) is 29.7 Å². The summed E-state index contributed by atoms with van der Waals surface area (Å²) < 4.78 is 16.5. The molecule has 7 heteroatoms. The van der Waals surface area contributed by atoms with E-state index in [2.05, 4.69) is 10.3 Å². The van der Waals surface area contributed by atoms with E-state index in [1.807, 2.05) is 42.5 Å². The lowest BCUT2D eigenvalue weighted by molar-refractivity contribution is -0.119. The monoisotopic (exact) mass is 435 g/mol. The molecule has 1 fully saturated rings. The summed E-state index contributed by atoms with van der Waals surface area (Å²) in [5.41, 5.74) is 3.00. The van der Waals surface area contributed by atoms with Crippen molar-refractivity contribution in [2.75, 3.05) is 13.2 Å². The van der Waals surface area contributed by atoms with E-state index in [1.165, 1.54) is 6.07 Å². The first kappa shape index (κ1) is 21.9. The molecule has 1 aliphatic heterocycles. The second-order valence-corrected chi connectivity index (χ2v) is 8.04. The Bertz CT molecular complexity index is 1120. The van der Waals surface area contributed by atoms with Crippen LogP contribution in [0.5, 0.6) is 0 Å². The fraction of sp³-hybridized carbons (Fsp3) is 0.280. The summed E-state index contributed by atoms with van der Waals surface area (Å²) in [5, 5.41) is 22.4. The molecule has 32 heavy (non-hydrogen) atoms. The van der Waals surface area contributed by atoms with Crippen LogP contribution in [0.3, 0.4) is 0 Å². The van der Waals surface area contributed by atoms with Gasteiger partial charge in [0.1, 0.15) is 17.7 Å². The number of aliphatic hydroxyl groups is 2. The van der Waals surface area contributed by atoms with Crippen LogP contribution in [0, 0.1) is 5.82 Å². The van der Waals surface area contributed by atoms with Crippen molar-refractivity contribution in [3.05, 3.63) is 83.7 Å². The zero-order chi connectivity index (χ0) is 22.7. The number of amides is 1. The quantitative estimate of drug-likeness (QED) is 0.529. The molecule has 0 radical (unpaired) electrons. The zero-order valence-electron chi connectivity index (χ0n) is 17.8. The standard InChI is InChI=1S/C25H26FN3O3/c1-16(31)25-27-10-11-29(25)21(15-30)8-4-17-2-5-18(6-3-17)22-9-7-19(12-23(22)26)20-13-24(32)28-14-20/h2-12,16,20-21,30-31H,13-15H2,1H3,(H,28,32)/b8-4+/t16-,20-,21-/m0/s1. The number of aliphatic hydroxyl groups excluding tert-OH is 2. The Balaban J connectivity index is 1.49. The number of halogens is 1. The summed E-state index contributed by atoms with van der Waals surface area (Å²) in [5.74, 6) is 0.196. The Morgan fingerprint density at radius 3 is 2.69 bits per heavy atom. The van der Waals surface area contributed by atoms with Gasteiger partial charge in [-0.15, -0.1) is 0 Å². The molecular formula is C25H26FN3O3. The van der Waals surface area contributed by atoms with E-state index in [0.717, 1.165) is 16.7 Å². The number of hydrogen-bond acceptors (Lipinski definition) is 4. The third-order valence-electron chi connectivity index (χ3n) is 5.79. The van der Waals surface area contributed by atoms with Crippen molar-refractivity contribution in [3.63, 3.8) is 0 Å². The molecule has 3 atom stereocenters. The molecule has 3 N–H and O–H groups in total. The van der Waals surface area contributed by atoms with Gasteiger partial charge in [0.2, 0.25) is 5.91 Å². The first-order valence-corrected chi connectivity index (χ1v) is 10.6.